The minimum atomic E-state index is -0.0901. The van der Waals surface area contributed by atoms with E-state index in [9.17, 15) is 4.79 Å². The van der Waals surface area contributed by atoms with E-state index >= 15 is 0 Å². The van der Waals surface area contributed by atoms with Crippen LogP contribution < -0.4 is 10.1 Å². The first-order valence-corrected chi connectivity index (χ1v) is 9.99. The summed E-state index contributed by atoms with van der Waals surface area (Å²) in [5.41, 5.74) is 3.23. The Morgan fingerprint density at radius 1 is 1.18 bits per heavy atom. The van der Waals surface area contributed by atoms with Crippen LogP contribution in [-0.4, -0.2) is 21.9 Å². The summed E-state index contributed by atoms with van der Waals surface area (Å²) in [5, 5.41) is 11.2. The Hall–Kier alpha value is -2.80. The Kier molecular flexibility index (Phi) is 6.71. The summed E-state index contributed by atoms with van der Waals surface area (Å²) < 4.78 is 11.3. The maximum Gasteiger partial charge on any atom is 0.277 e. The number of nitrogens with zero attached hydrogens (tertiary/aromatic N) is 2. The Morgan fingerprint density at radius 2 is 1.96 bits per heavy atom. The molecule has 0 aliphatic carbocycles. The third kappa shape index (κ3) is 5.60. The van der Waals surface area contributed by atoms with Crippen molar-refractivity contribution in [2.75, 3.05) is 5.75 Å². The number of hydrogen-bond donors (Lipinski definition) is 1. The Morgan fingerprint density at radius 3 is 2.75 bits per heavy atom. The number of amides is 1. The first-order chi connectivity index (χ1) is 13.5. The second-order valence-electron chi connectivity index (χ2n) is 6.51. The average Bonchev–Trinajstić information content (AvgIpc) is 3.15. The molecule has 3 rings (SSSR count). The minimum absolute atomic E-state index is 0.0569. The molecular formula is C21H23N3O3S. The number of aryl methyl sites for hydroxylation is 2. The van der Waals surface area contributed by atoms with Crippen LogP contribution >= 0.6 is 11.8 Å². The predicted octanol–water partition coefficient (Wildman–Crippen LogP) is 4.23. The standard InChI is InChI=1S/C21H23N3O3S/c1-14-9-10-15(2)18(11-14)26-12-20-23-24-21(27-20)28-13-19(25)22-16(3)17-7-5-4-6-8-17/h4-11,16H,12-13H2,1-3H3,(H,22,25). The van der Waals surface area contributed by atoms with Gasteiger partial charge >= 0.3 is 0 Å². The van der Waals surface area contributed by atoms with Crippen molar-refractivity contribution >= 4 is 17.7 Å². The van der Waals surface area contributed by atoms with E-state index in [0.717, 1.165) is 22.4 Å². The van der Waals surface area contributed by atoms with Gasteiger partial charge in [-0.3, -0.25) is 4.79 Å². The van der Waals surface area contributed by atoms with Gasteiger partial charge in [0, 0.05) is 0 Å². The number of rotatable bonds is 8. The van der Waals surface area contributed by atoms with E-state index in [0.29, 0.717) is 11.1 Å². The zero-order valence-corrected chi connectivity index (χ0v) is 17.0. The fraction of sp³-hybridized carbons (Fsp3) is 0.286. The van der Waals surface area contributed by atoms with Crippen LogP contribution in [0, 0.1) is 13.8 Å². The van der Waals surface area contributed by atoms with Crippen LogP contribution in [0.25, 0.3) is 0 Å². The molecule has 1 unspecified atom stereocenters. The van der Waals surface area contributed by atoms with Crippen molar-refractivity contribution < 1.29 is 13.9 Å². The van der Waals surface area contributed by atoms with Crippen molar-refractivity contribution in [1.29, 1.82) is 0 Å². The van der Waals surface area contributed by atoms with Crippen molar-refractivity contribution in [3.8, 4) is 5.75 Å². The molecule has 2 aromatic carbocycles. The topological polar surface area (TPSA) is 77.2 Å². The number of benzene rings is 2. The summed E-state index contributed by atoms with van der Waals surface area (Å²) in [6.45, 7) is 6.14. The molecule has 1 aromatic heterocycles. The maximum absolute atomic E-state index is 12.1. The molecule has 1 atom stereocenters. The second kappa shape index (κ2) is 9.41. The summed E-state index contributed by atoms with van der Waals surface area (Å²) in [6.07, 6.45) is 0. The number of carbonyl (C=O) groups excluding carboxylic acids is 1. The van der Waals surface area contributed by atoms with E-state index < -0.39 is 0 Å². The number of thioether (sulfide) groups is 1. The molecule has 0 bridgehead atoms. The van der Waals surface area contributed by atoms with Gasteiger partial charge in [-0.05, 0) is 43.5 Å². The fourth-order valence-corrected chi connectivity index (χ4v) is 3.18. The molecule has 6 nitrogen and oxygen atoms in total. The largest absolute Gasteiger partial charge is 0.484 e. The normalized spacial score (nSPS) is 11.8. The fourth-order valence-electron chi connectivity index (χ4n) is 2.59. The number of carbonyl (C=O) groups is 1. The lowest BCUT2D eigenvalue weighted by atomic mass is 10.1. The molecule has 1 N–H and O–H groups in total. The summed E-state index contributed by atoms with van der Waals surface area (Å²) in [5.74, 6) is 1.28. The highest BCUT2D eigenvalue weighted by atomic mass is 32.2. The van der Waals surface area contributed by atoms with Gasteiger partial charge in [-0.15, -0.1) is 10.2 Å². The highest BCUT2D eigenvalue weighted by molar-refractivity contribution is 7.99. The molecule has 0 fully saturated rings. The summed E-state index contributed by atoms with van der Waals surface area (Å²) in [7, 11) is 0. The van der Waals surface area contributed by atoms with E-state index in [-0.39, 0.29) is 24.3 Å². The lowest BCUT2D eigenvalue weighted by Crippen LogP contribution is -2.28. The van der Waals surface area contributed by atoms with Crippen molar-refractivity contribution in [3.05, 3.63) is 71.1 Å². The Balaban J connectivity index is 1.46. The number of aromatic nitrogens is 2. The highest BCUT2D eigenvalue weighted by Gasteiger charge is 2.13. The Bertz CT molecular complexity index is 928. The van der Waals surface area contributed by atoms with Crippen LogP contribution in [-0.2, 0) is 11.4 Å². The molecular weight excluding hydrogens is 374 g/mol. The van der Waals surface area contributed by atoms with Crippen LogP contribution in [0.2, 0.25) is 0 Å². The van der Waals surface area contributed by atoms with Gasteiger partial charge in [0.25, 0.3) is 11.1 Å². The highest BCUT2D eigenvalue weighted by Crippen LogP contribution is 2.21. The first kappa shape index (κ1) is 19.9. The van der Waals surface area contributed by atoms with Gasteiger partial charge < -0.3 is 14.5 Å². The van der Waals surface area contributed by atoms with Crippen LogP contribution in [0.1, 0.15) is 35.5 Å². The predicted molar refractivity (Wildman–Crippen MR) is 108 cm³/mol. The molecule has 0 radical (unpaired) electrons. The SMILES string of the molecule is Cc1ccc(C)c(OCc2nnc(SCC(=O)NC(C)c3ccccc3)o2)c1. The molecule has 28 heavy (non-hydrogen) atoms. The molecule has 1 heterocycles. The van der Waals surface area contributed by atoms with E-state index in [1.54, 1.807) is 0 Å². The zero-order chi connectivity index (χ0) is 19.9. The van der Waals surface area contributed by atoms with Gasteiger partial charge in [0.15, 0.2) is 6.61 Å². The maximum atomic E-state index is 12.1. The summed E-state index contributed by atoms with van der Waals surface area (Å²) >= 11 is 1.21. The molecule has 146 valence electrons. The zero-order valence-electron chi connectivity index (χ0n) is 16.1. The summed E-state index contributed by atoms with van der Waals surface area (Å²) in [6, 6.07) is 15.8. The van der Waals surface area contributed by atoms with Gasteiger partial charge in [-0.25, -0.2) is 0 Å². The lowest BCUT2D eigenvalue weighted by molar-refractivity contribution is -0.119. The molecule has 0 aliphatic rings. The number of hydrogen-bond acceptors (Lipinski definition) is 6. The first-order valence-electron chi connectivity index (χ1n) is 9.01. The van der Waals surface area contributed by atoms with Crippen molar-refractivity contribution in [2.45, 2.75) is 38.6 Å². The molecule has 0 aliphatic heterocycles. The minimum Gasteiger partial charge on any atom is -0.484 e. The average molecular weight is 398 g/mol. The Labute approximate surface area is 168 Å². The van der Waals surface area contributed by atoms with Gasteiger partial charge in [-0.2, -0.15) is 0 Å². The van der Waals surface area contributed by atoms with Crippen LogP contribution in [0.4, 0.5) is 0 Å². The van der Waals surface area contributed by atoms with Crippen molar-refractivity contribution in [2.24, 2.45) is 0 Å². The van der Waals surface area contributed by atoms with Gasteiger partial charge in [-0.1, -0.05) is 54.2 Å². The van der Waals surface area contributed by atoms with Crippen molar-refractivity contribution in [1.82, 2.24) is 15.5 Å². The summed E-state index contributed by atoms with van der Waals surface area (Å²) in [4.78, 5) is 12.1. The molecule has 0 saturated carbocycles. The molecule has 7 heteroatoms. The molecule has 0 spiro atoms. The smallest absolute Gasteiger partial charge is 0.277 e. The van der Waals surface area contributed by atoms with E-state index in [2.05, 4.69) is 15.5 Å². The van der Waals surface area contributed by atoms with E-state index in [4.69, 9.17) is 9.15 Å². The number of nitrogens with one attached hydrogen (secondary N) is 1. The van der Waals surface area contributed by atoms with Gasteiger partial charge in [0.2, 0.25) is 5.91 Å². The van der Waals surface area contributed by atoms with Crippen LogP contribution in [0.3, 0.4) is 0 Å². The van der Waals surface area contributed by atoms with Gasteiger partial charge in [0.05, 0.1) is 11.8 Å². The van der Waals surface area contributed by atoms with Crippen LogP contribution in [0.15, 0.2) is 58.2 Å². The van der Waals surface area contributed by atoms with Gasteiger partial charge in [0.1, 0.15) is 5.75 Å². The molecule has 0 saturated heterocycles. The third-order valence-electron chi connectivity index (χ3n) is 4.15. The lowest BCUT2D eigenvalue weighted by Gasteiger charge is -2.13. The molecule has 1 amide bonds. The molecule has 3 aromatic rings. The van der Waals surface area contributed by atoms with Crippen LogP contribution in [0.5, 0.6) is 5.75 Å². The quantitative estimate of drug-likeness (QED) is 0.573. The third-order valence-corrected chi connectivity index (χ3v) is 4.97. The van der Waals surface area contributed by atoms with Crippen molar-refractivity contribution in [3.63, 3.8) is 0 Å². The second-order valence-corrected chi connectivity index (χ2v) is 7.43. The number of ether oxygens (including phenoxy) is 1. The van der Waals surface area contributed by atoms with E-state index in [1.165, 1.54) is 11.8 Å². The van der Waals surface area contributed by atoms with E-state index in [1.807, 2.05) is 69.3 Å². The monoisotopic (exact) mass is 397 g/mol.